The quantitative estimate of drug-likeness (QED) is 0.750. The molecule has 0 aromatic carbocycles. The highest BCUT2D eigenvalue weighted by atomic mass is 16.2. The second kappa shape index (κ2) is 8.08. The second-order valence-corrected chi connectivity index (χ2v) is 5.24. The summed E-state index contributed by atoms with van der Waals surface area (Å²) in [5, 5.41) is 18.2. The van der Waals surface area contributed by atoms with Crippen molar-refractivity contribution in [1.29, 1.82) is 5.26 Å². The van der Waals surface area contributed by atoms with Crippen LogP contribution in [-0.4, -0.2) is 34.2 Å². The van der Waals surface area contributed by atoms with Gasteiger partial charge < -0.3 is 10.6 Å². The first-order chi connectivity index (χ1) is 10.8. The third-order valence-corrected chi connectivity index (χ3v) is 3.36. The van der Waals surface area contributed by atoms with Gasteiger partial charge in [0.15, 0.2) is 0 Å². The Hall–Kier alpha value is -2.69. The van der Waals surface area contributed by atoms with E-state index < -0.39 is 17.5 Å². The zero-order valence-corrected chi connectivity index (χ0v) is 13.8. The number of nitriles is 1. The number of amides is 2. The first-order valence-electron chi connectivity index (χ1n) is 7.37. The minimum absolute atomic E-state index is 0.0287. The van der Waals surface area contributed by atoms with Crippen LogP contribution in [0.3, 0.4) is 0 Å². The Morgan fingerprint density at radius 3 is 2.61 bits per heavy atom. The van der Waals surface area contributed by atoms with Crippen molar-refractivity contribution in [2.75, 3.05) is 6.54 Å². The van der Waals surface area contributed by atoms with Gasteiger partial charge in [0, 0.05) is 6.54 Å². The van der Waals surface area contributed by atoms with Gasteiger partial charge in [0.1, 0.15) is 24.2 Å². The van der Waals surface area contributed by atoms with Gasteiger partial charge in [-0.1, -0.05) is 6.92 Å². The summed E-state index contributed by atoms with van der Waals surface area (Å²) in [6, 6.07) is 1.12. The first kappa shape index (κ1) is 18.4. The molecule has 0 saturated carbocycles. The van der Waals surface area contributed by atoms with Gasteiger partial charge in [0.2, 0.25) is 11.8 Å². The van der Waals surface area contributed by atoms with E-state index in [-0.39, 0.29) is 18.0 Å². The summed E-state index contributed by atoms with van der Waals surface area (Å²) >= 11 is 0. The molecule has 0 bridgehead atoms. The van der Waals surface area contributed by atoms with E-state index in [1.807, 2.05) is 13.0 Å². The monoisotopic (exact) mass is 319 g/mol. The average Bonchev–Trinajstić information content (AvgIpc) is 2.50. The van der Waals surface area contributed by atoms with Crippen molar-refractivity contribution in [3.63, 3.8) is 0 Å². The van der Waals surface area contributed by atoms with Crippen LogP contribution in [0.2, 0.25) is 0 Å². The highest BCUT2D eigenvalue weighted by molar-refractivity contribution is 5.87. The average molecular weight is 319 g/mol. The summed E-state index contributed by atoms with van der Waals surface area (Å²) in [6.45, 7) is 6.95. The zero-order valence-electron chi connectivity index (χ0n) is 13.8. The summed E-state index contributed by atoms with van der Waals surface area (Å²) in [7, 11) is 0. The number of nitrogens with one attached hydrogen (secondary N) is 2. The van der Waals surface area contributed by atoms with Crippen molar-refractivity contribution in [2.45, 2.75) is 46.7 Å². The predicted octanol–water partition coefficient (Wildman–Crippen LogP) is -0.237. The van der Waals surface area contributed by atoms with Gasteiger partial charge in [-0.15, -0.1) is 0 Å². The highest BCUT2D eigenvalue weighted by Crippen LogP contribution is 2.04. The summed E-state index contributed by atoms with van der Waals surface area (Å²) < 4.78 is 0.937. The van der Waals surface area contributed by atoms with E-state index in [2.05, 4.69) is 15.7 Å². The van der Waals surface area contributed by atoms with Crippen LogP contribution in [0, 0.1) is 25.2 Å². The van der Waals surface area contributed by atoms with Crippen LogP contribution in [0.1, 0.15) is 37.1 Å². The number of hydrogen-bond acceptors (Lipinski definition) is 5. The third kappa shape index (κ3) is 4.64. The molecule has 0 fully saturated rings. The molecule has 0 radical (unpaired) electrons. The molecule has 23 heavy (non-hydrogen) atoms. The molecule has 0 aliphatic heterocycles. The summed E-state index contributed by atoms with van der Waals surface area (Å²) in [6.07, 6.45) is 0.797. The smallest absolute Gasteiger partial charge is 0.285 e. The van der Waals surface area contributed by atoms with Crippen molar-refractivity contribution in [3.05, 3.63) is 27.2 Å². The van der Waals surface area contributed by atoms with Crippen LogP contribution in [0.4, 0.5) is 0 Å². The summed E-state index contributed by atoms with van der Waals surface area (Å²) in [5.41, 5.74) is 0.358. The number of hydrogen-bond donors (Lipinski definition) is 2. The maximum absolute atomic E-state index is 12.1. The number of aromatic nitrogens is 2. The molecule has 1 aromatic rings. The molecule has 1 aromatic heterocycles. The first-order valence-corrected chi connectivity index (χ1v) is 7.37. The molecule has 2 amide bonds. The van der Waals surface area contributed by atoms with Crippen LogP contribution >= 0.6 is 0 Å². The minimum atomic E-state index is -0.716. The summed E-state index contributed by atoms with van der Waals surface area (Å²) in [5.74, 6) is -0.816. The Balaban J connectivity index is 2.83. The maximum atomic E-state index is 12.1. The molecule has 1 atom stereocenters. The van der Waals surface area contributed by atoms with Gasteiger partial charge in [0.05, 0.1) is 5.69 Å². The number of nitrogens with zero attached hydrogens (tertiary/aromatic N) is 3. The largest absolute Gasteiger partial charge is 0.354 e. The van der Waals surface area contributed by atoms with Gasteiger partial charge in [-0.25, -0.2) is 4.68 Å². The van der Waals surface area contributed by atoms with Gasteiger partial charge >= 0.3 is 0 Å². The highest BCUT2D eigenvalue weighted by Gasteiger charge is 2.17. The van der Waals surface area contributed by atoms with E-state index in [1.54, 1.807) is 20.8 Å². The van der Waals surface area contributed by atoms with Crippen LogP contribution in [-0.2, 0) is 16.1 Å². The van der Waals surface area contributed by atoms with E-state index >= 15 is 0 Å². The Kier molecular flexibility index (Phi) is 6.45. The van der Waals surface area contributed by atoms with Crippen LogP contribution in [0.5, 0.6) is 0 Å². The fraction of sp³-hybridized carbons (Fsp3) is 0.533. The zero-order chi connectivity index (χ0) is 17.6. The fourth-order valence-electron chi connectivity index (χ4n) is 1.90. The predicted molar refractivity (Wildman–Crippen MR) is 83.6 cm³/mol. The van der Waals surface area contributed by atoms with Gasteiger partial charge in [0.25, 0.3) is 5.56 Å². The van der Waals surface area contributed by atoms with Crippen LogP contribution in [0.15, 0.2) is 4.79 Å². The van der Waals surface area contributed by atoms with Gasteiger partial charge in [-0.2, -0.15) is 10.4 Å². The molecule has 0 aliphatic rings. The third-order valence-electron chi connectivity index (χ3n) is 3.36. The van der Waals surface area contributed by atoms with Crippen molar-refractivity contribution in [2.24, 2.45) is 0 Å². The van der Waals surface area contributed by atoms with E-state index in [4.69, 9.17) is 5.26 Å². The molecular weight excluding hydrogens is 298 g/mol. The molecule has 1 rings (SSSR count). The number of carbonyl (C=O) groups excluding carboxylic acids is 2. The lowest BCUT2D eigenvalue weighted by Gasteiger charge is -2.14. The number of carbonyl (C=O) groups is 2. The SMILES string of the molecule is CCCNC(=O)C(C)NC(=O)Cn1nc(C)c(C)c(C#N)c1=O. The van der Waals surface area contributed by atoms with E-state index in [0.717, 1.165) is 11.1 Å². The molecule has 8 nitrogen and oxygen atoms in total. The summed E-state index contributed by atoms with van der Waals surface area (Å²) in [4.78, 5) is 35.8. The number of rotatable bonds is 6. The van der Waals surface area contributed by atoms with Gasteiger partial charge in [-0.3, -0.25) is 14.4 Å². The normalized spacial score (nSPS) is 11.4. The molecule has 0 saturated heterocycles. The number of aryl methyl sites for hydroxylation is 1. The Labute approximate surface area is 134 Å². The Morgan fingerprint density at radius 2 is 2.04 bits per heavy atom. The molecule has 1 unspecified atom stereocenters. The van der Waals surface area contributed by atoms with Gasteiger partial charge in [-0.05, 0) is 32.8 Å². The second-order valence-electron chi connectivity index (χ2n) is 5.24. The van der Waals surface area contributed by atoms with E-state index in [0.29, 0.717) is 17.8 Å². The lowest BCUT2D eigenvalue weighted by atomic mass is 10.1. The molecule has 8 heteroatoms. The van der Waals surface area contributed by atoms with Crippen molar-refractivity contribution in [1.82, 2.24) is 20.4 Å². The molecule has 1 heterocycles. The van der Waals surface area contributed by atoms with E-state index in [1.165, 1.54) is 0 Å². The molecule has 124 valence electrons. The van der Waals surface area contributed by atoms with Crippen LogP contribution in [0.25, 0.3) is 0 Å². The molecule has 2 N–H and O–H groups in total. The topological polar surface area (TPSA) is 117 Å². The Bertz CT molecular complexity index is 702. The molecule has 0 aliphatic carbocycles. The van der Waals surface area contributed by atoms with Crippen molar-refractivity contribution >= 4 is 11.8 Å². The van der Waals surface area contributed by atoms with Crippen molar-refractivity contribution < 1.29 is 9.59 Å². The lowest BCUT2D eigenvalue weighted by molar-refractivity contribution is -0.129. The van der Waals surface area contributed by atoms with Crippen molar-refractivity contribution in [3.8, 4) is 6.07 Å². The maximum Gasteiger partial charge on any atom is 0.285 e. The minimum Gasteiger partial charge on any atom is -0.354 e. The molecule has 0 spiro atoms. The van der Waals surface area contributed by atoms with E-state index in [9.17, 15) is 14.4 Å². The fourth-order valence-corrected chi connectivity index (χ4v) is 1.90. The lowest BCUT2D eigenvalue weighted by Crippen LogP contribution is -2.47. The standard InChI is InChI=1S/C15H21N5O3/c1-5-6-17-14(22)11(4)18-13(21)8-20-15(23)12(7-16)9(2)10(3)19-20/h11H,5-6,8H2,1-4H3,(H,17,22)(H,18,21). The molecular formula is C15H21N5O3. The Morgan fingerprint density at radius 1 is 1.39 bits per heavy atom. The van der Waals surface area contributed by atoms with Crippen LogP contribution < -0.4 is 16.2 Å².